The fraction of sp³-hybridized carbons (Fsp3) is 0.714. The predicted octanol–water partition coefficient (Wildman–Crippen LogP) is 2.05. The number of nitrogens with one attached hydrogen (secondary N) is 2. The van der Waals surface area contributed by atoms with Gasteiger partial charge in [0.25, 0.3) is 0 Å². The van der Waals surface area contributed by atoms with Crippen molar-refractivity contribution in [1.82, 2.24) is 10.2 Å². The summed E-state index contributed by atoms with van der Waals surface area (Å²) in [5, 5.41) is 20.0. The SMILES string of the molecule is CC(C)N1CC[C@H]1C(=O)N/C(O)=C/C(=N)C(C)(C)C. The third-order valence-corrected chi connectivity index (χ3v) is 3.37. The zero-order chi connectivity index (χ0) is 14.8. The lowest BCUT2D eigenvalue weighted by molar-refractivity contribution is -0.132. The average molecular weight is 267 g/mol. The van der Waals surface area contributed by atoms with E-state index < -0.39 is 0 Å². The van der Waals surface area contributed by atoms with Gasteiger partial charge < -0.3 is 10.5 Å². The lowest BCUT2D eigenvalue weighted by Crippen LogP contribution is -2.58. The quantitative estimate of drug-likeness (QED) is 0.539. The Hall–Kier alpha value is -1.36. The zero-order valence-electron chi connectivity index (χ0n) is 12.4. The molecule has 1 heterocycles. The second-order valence-electron chi connectivity index (χ2n) is 6.32. The molecule has 0 radical (unpaired) electrons. The fourth-order valence-electron chi connectivity index (χ4n) is 1.91. The number of aliphatic hydroxyl groups is 1. The minimum atomic E-state index is -0.348. The third kappa shape index (κ3) is 4.06. The molecule has 0 aromatic carbocycles. The summed E-state index contributed by atoms with van der Waals surface area (Å²) in [4.78, 5) is 14.0. The highest BCUT2D eigenvalue weighted by atomic mass is 16.3. The first-order valence-electron chi connectivity index (χ1n) is 6.69. The van der Waals surface area contributed by atoms with Gasteiger partial charge in [-0.3, -0.25) is 15.0 Å². The Morgan fingerprint density at radius 3 is 2.42 bits per heavy atom. The predicted molar refractivity (Wildman–Crippen MR) is 76.3 cm³/mol. The van der Waals surface area contributed by atoms with Crippen molar-refractivity contribution in [2.75, 3.05) is 6.54 Å². The van der Waals surface area contributed by atoms with E-state index in [1.54, 1.807) is 0 Å². The van der Waals surface area contributed by atoms with Gasteiger partial charge in [0.1, 0.15) is 0 Å². The Labute approximate surface area is 115 Å². The number of allylic oxidation sites excluding steroid dienone is 1. The van der Waals surface area contributed by atoms with Gasteiger partial charge in [-0.2, -0.15) is 0 Å². The van der Waals surface area contributed by atoms with Crippen LogP contribution in [-0.4, -0.2) is 40.3 Å². The van der Waals surface area contributed by atoms with Crippen LogP contribution < -0.4 is 5.32 Å². The second-order valence-corrected chi connectivity index (χ2v) is 6.32. The summed E-state index contributed by atoms with van der Waals surface area (Å²) in [6.45, 7) is 10.7. The van der Waals surface area contributed by atoms with Gasteiger partial charge in [0, 0.05) is 29.8 Å². The molecular formula is C14H25N3O2. The van der Waals surface area contributed by atoms with Crippen LogP contribution in [0.15, 0.2) is 12.0 Å². The van der Waals surface area contributed by atoms with E-state index in [0.717, 1.165) is 13.0 Å². The first kappa shape index (κ1) is 15.7. The molecule has 1 rings (SSSR count). The number of hydrogen-bond acceptors (Lipinski definition) is 4. The van der Waals surface area contributed by atoms with Crippen LogP contribution in [0, 0.1) is 10.8 Å². The van der Waals surface area contributed by atoms with Gasteiger partial charge in [-0.1, -0.05) is 20.8 Å². The van der Waals surface area contributed by atoms with Crippen molar-refractivity contribution in [1.29, 1.82) is 5.41 Å². The maximum Gasteiger partial charge on any atom is 0.244 e. The molecule has 0 spiro atoms. The molecular weight excluding hydrogens is 242 g/mol. The van der Waals surface area contributed by atoms with Gasteiger partial charge in [-0.15, -0.1) is 0 Å². The molecule has 3 N–H and O–H groups in total. The second kappa shape index (κ2) is 5.74. The lowest BCUT2D eigenvalue weighted by Gasteiger charge is -2.42. The van der Waals surface area contributed by atoms with E-state index in [4.69, 9.17) is 5.41 Å². The maximum absolute atomic E-state index is 12.0. The Bertz CT molecular complexity index is 394. The number of rotatable bonds is 4. The van der Waals surface area contributed by atoms with Crippen molar-refractivity contribution in [3.63, 3.8) is 0 Å². The number of nitrogens with zero attached hydrogens (tertiary/aromatic N) is 1. The zero-order valence-corrected chi connectivity index (χ0v) is 12.4. The topological polar surface area (TPSA) is 76.4 Å². The molecule has 108 valence electrons. The van der Waals surface area contributed by atoms with E-state index in [0.29, 0.717) is 6.04 Å². The number of likely N-dealkylation sites (tertiary alicyclic amines) is 1. The van der Waals surface area contributed by atoms with Gasteiger partial charge in [0.2, 0.25) is 5.91 Å². The van der Waals surface area contributed by atoms with Gasteiger partial charge >= 0.3 is 0 Å². The van der Waals surface area contributed by atoms with Gasteiger partial charge in [-0.25, -0.2) is 0 Å². The van der Waals surface area contributed by atoms with Crippen molar-refractivity contribution in [3.8, 4) is 0 Å². The summed E-state index contributed by atoms with van der Waals surface area (Å²) in [6.07, 6.45) is 2.12. The third-order valence-electron chi connectivity index (χ3n) is 3.37. The Morgan fingerprint density at radius 1 is 1.47 bits per heavy atom. The monoisotopic (exact) mass is 267 g/mol. The molecule has 0 aromatic rings. The first-order chi connectivity index (χ1) is 8.62. The van der Waals surface area contributed by atoms with Crippen LogP contribution in [0.4, 0.5) is 0 Å². The van der Waals surface area contributed by atoms with Crippen LogP contribution in [0.1, 0.15) is 41.0 Å². The van der Waals surface area contributed by atoms with Crippen LogP contribution in [-0.2, 0) is 4.79 Å². The van der Waals surface area contributed by atoms with E-state index >= 15 is 0 Å². The Kier molecular flexibility index (Phi) is 4.74. The highest BCUT2D eigenvalue weighted by Gasteiger charge is 2.35. The van der Waals surface area contributed by atoms with E-state index in [9.17, 15) is 9.90 Å². The molecule has 0 bridgehead atoms. The maximum atomic E-state index is 12.0. The number of aliphatic hydroxyl groups excluding tert-OH is 1. The standard InChI is InChI=1S/C14H25N3O2/c1-9(2)17-7-6-10(17)13(19)16-12(18)8-11(15)14(3,4)5/h8-10,15,18H,6-7H2,1-5H3,(H,16,19)/b12-8-,15-11?/t10-/m0/s1. The fourth-order valence-corrected chi connectivity index (χ4v) is 1.91. The molecule has 0 saturated carbocycles. The molecule has 0 aliphatic carbocycles. The molecule has 5 heteroatoms. The molecule has 1 amide bonds. The number of amides is 1. The highest BCUT2D eigenvalue weighted by molar-refractivity contribution is 5.97. The molecule has 0 unspecified atom stereocenters. The smallest absolute Gasteiger partial charge is 0.244 e. The van der Waals surface area contributed by atoms with E-state index in [-0.39, 0.29) is 29.0 Å². The van der Waals surface area contributed by atoms with Crippen LogP contribution in [0.2, 0.25) is 0 Å². The van der Waals surface area contributed by atoms with Gasteiger partial charge in [-0.05, 0) is 20.3 Å². The van der Waals surface area contributed by atoms with Crippen LogP contribution >= 0.6 is 0 Å². The van der Waals surface area contributed by atoms with Crippen molar-refractivity contribution in [2.45, 2.75) is 53.1 Å². The molecule has 1 saturated heterocycles. The number of hydrogen-bond donors (Lipinski definition) is 3. The van der Waals surface area contributed by atoms with Crippen molar-refractivity contribution in [2.24, 2.45) is 5.41 Å². The van der Waals surface area contributed by atoms with Crippen LogP contribution in [0.5, 0.6) is 0 Å². The average Bonchev–Trinajstić information content (AvgIpc) is 2.11. The number of carbonyl (C=O) groups is 1. The summed E-state index contributed by atoms with van der Waals surface area (Å²) in [6, 6.07) is 0.155. The van der Waals surface area contributed by atoms with Gasteiger partial charge in [0.05, 0.1) is 6.04 Å². The van der Waals surface area contributed by atoms with Crippen LogP contribution in [0.25, 0.3) is 0 Å². The highest BCUT2D eigenvalue weighted by Crippen LogP contribution is 2.21. The minimum Gasteiger partial charge on any atom is -0.494 e. The molecule has 0 aromatic heterocycles. The molecule has 1 fully saturated rings. The Morgan fingerprint density at radius 2 is 2.05 bits per heavy atom. The first-order valence-corrected chi connectivity index (χ1v) is 6.69. The minimum absolute atomic E-state index is 0.167. The number of carbonyl (C=O) groups excluding carboxylic acids is 1. The molecule has 1 aliphatic heterocycles. The normalized spacial score (nSPS) is 21.2. The van der Waals surface area contributed by atoms with E-state index in [1.165, 1.54) is 6.08 Å². The summed E-state index contributed by atoms with van der Waals surface area (Å²) >= 11 is 0. The summed E-state index contributed by atoms with van der Waals surface area (Å²) < 4.78 is 0. The summed E-state index contributed by atoms with van der Waals surface area (Å²) in [5.41, 5.74) is -0.0706. The molecule has 5 nitrogen and oxygen atoms in total. The largest absolute Gasteiger partial charge is 0.494 e. The van der Waals surface area contributed by atoms with Gasteiger partial charge in [0.15, 0.2) is 5.88 Å². The van der Waals surface area contributed by atoms with Crippen molar-refractivity contribution in [3.05, 3.63) is 12.0 Å². The Balaban J connectivity index is 2.58. The van der Waals surface area contributed by atoms with Crippen molar-refractivity contribution < 1.29 is 9.90 Å². The molecule has 1 aliphatic rings. The summed E-state index contributed by atoms with van der Waals surface area (Å²) in [7, 11) is 0. The molecule has 1 atom stereocenters. The molecule has 19 heavy (non-hydrogen) atoms. The van der Waals surface area contributed by atoms with E-state index in [1.807, 2.05) is 34.6 Å². The van der Waals surface area contributed by atoms with Crippen molar-refractivity contribution >= 4 is 11.6 Å². The van der Waals surface area contributed by atoms with E-state index in [2.05, 4.69) is 10.2 Å². The summed E-state index contributed by atoms with van der Waals surface area (Å²) in [5.74, 6) is -0.448. The van der Waals surface area contributed by atoms with Crippen LogP contribution in [0.3, 0.4) is 0 Å². The lowest BCUT2D eigenvalue weighted by atomic mass is 9.90.